The normalized spacial score (nSPS) is 11.9. The van der Waals surface area contributed by atoms with Crippen LogP contribution in [0.2, 0.25) is 0 Å². The molecule has 1 heteroatoms. The highest BCUT2D eigenvalue weighted by Gasteiger charge is 2.06. The van der Waals surface area contributed by atoms with Crippen LogP contribution in [0.25, 0.3) is 5.57 Å². The van der Waals surface area contributed by atoms with Crippen LogP contribution < -0.4 is 4.90 Å². The van der Waals surface area contributed by atoms with Gasteiger partial charge in [-0.25, -0.2) is 0 Å². The molecule has 0 aromatic heterocycles. The molecule has 0 bridgehead atoms. The number of hydrogen-bond acceptors (Lipinski definition) is 1. The van der Waals surface area contributed by atoms with Gasteiger partial charge < -0.3 is 4.90 Å². The summed E-state index contributed by atoms with van der Waals surface area (Å²) in [5, 5.41) is 0. The molecule has 0 aliphatic heterocycles. The second kappa shape index (κ2) is 9.23. The topological polar surface area (TPSA) is 3.24 Å². The van der Waals surface area contributed by atoms with Gasteiger partial charge in [0.25, 0.3) is 0 Å². The Morgan fingerprint density at radius 2 is 1.81 bits per heavy atom. The molecule has 0 aliphatic rings. The van der Waals surface area contributed by atoms with Crippen LogP contribution in [0.3, 0.4) is 0 Å². The summed E-state index contributed by atoms with van der Waals surface area (Å²) in [6.45, 7) is 14.7. The Morgan fingerprint density at radius 3 is 2.33 bits per heavy atom. The van der Waals surface area contributed by atoms with E-state index in [0.29, 0.717) is 0 Å². The third-order valence-corrected chi connectivity index (χ3v) is 3.39. The maximum atomic E-state index is 3.93. The summed E-state index contributed by atoms with van der Waals surface area (Å²) in [4.78, 5) is 2.47. The van der Waals surface area contributed by atoms with E-state index in [1.165, 1.54) is 29.7 Å². The molecule has 1 aromatic carbocycles. The molecule has 0 saturated carbocycles. The fourth-order valence-corrected chi connectivity index (χ4v) is 2.38. The molecule has 0 radical (unpaired) electrons. The number of benzene rings is 1. The first-order valence-electron chi connectivity index (χ1n) is 7.97. The minimum Gasteiger partial charge on any atom is -0.372 e. The molecule has 21 heavy (non-hydrogen) atoms. The molecular formula is C20H29N. The zero-order chi connectivity index (χ0) is 15.7. The predicted octanol–water partition coefficient (Wildman–Crippen LogP) is 5.85. The van der Waals surface area contributed by atoms with Crippen molar-refractivity contribution in [2.45, 2.75) is 40.5 Å². The second-order valence-corrected chi connectivity index (χ2v) is 5.46. The Bertz CT molecular complexity index is 502. The summed E-state index contributed by atoms with van der Waals surface area (Å²) < 4.78 is 0. The fourth-order valence-electron chi connectivity index (χ4n) is 2.38. The van der Waals surface area contributed by atoms with Crippen molar-refractivity contribution in [1.29, 1.82) is 0 Å². The molecule has 0 atom stereocenters. The van der Waals surface area contributed by atoms with Gasteiger partial charge in [0, 0.05) is 18.8 Å². The molecule has 0 saturated heterocycles. The van der Waals surface area contributed by atoms with E-state index in [2.05, 4.69) is 74.7 Å². The van der Waals surface area contributed by atoms with Gasteiger partial charge in [-0.2, -0.15) is 0 Å². The van der Waals surface area contributed by atoms with Gasteiger partial charge in [-0.15, -0.1) is 0 Å². The predicted molar refractivity (Wildman–Crippen MR) is 96.8 cm³/mol. The van der Waals surface area contributed by atoms with Crippen LogP contribution >= 0.6 is 0 Å². The van der Waals surface area contributed by atoms with E-state index >= 15 is 0 Å². The zero-order valence-electron chi connectivity index (χ0n) is 14.0. The zero-order valence-corrected chi connectivity index (χ0v) is 14.0. The first-order valence-corrected chi connectivity index (χ1v) is 7.97. The first-order chi connectivity index (χ1) is 10.1. The third kappa shape index (κ3) is 5.63. The van der Waals surface area contributed by atoms with Crippen LogP contribution in [-0.4, -0.2) is 13.1 Å². The monoisotopic (exact) mass is 283 g/mol. The van der Waals surface area contributed by atoms with Crippen molar-refractivity contribution in [3.05, 3.63) is 60.2 Å². The minimum atomic E-state index is 1.07. The standard InChI is InChI=1S/C20H29N/c1-6-14-21(15-7-2)20-11-9-10-19(16-20)18(8-3)13-12-17(4)5/h8-13,16H,4,6-7,14-15H2,1-3,5H3/b13-12-,18-8+. The molecule has 0 spiro atoms. The number of rotatable bonds is 8. The maximum absolute atomic E-state index is 3.93. The number of nitrogens with zero attached hydrogens (tertiary/aromatic N) is 1. The van der Waals surface area contributed by atoms with Gasteiger partial charge in [0.15, 0.2) is 0 Å². The molecule has 0 amide bonds. The van der Waals surface area contributed by atoms with Crippen molar-refractivity contribution >= 4 is 11.3 Å². The van der Waals surface area contributed by atoms with E-state index in [1.54, 1.807) is 0 Å². The molecular weight excluding hydrogens is 254 g/mol. The smallest absolute Gasteiger partial charge is 0.0372 e. The highest BCUT2D eigenvalue weighted by atomic mass is 15.1. The number of allylic oxidation sites excluding steroid dienone is 5. The van der Waals surface area contributed by atoms with Gasteiger partial charge in [-0.3, -0.25) is 0 Å². The van der Waals surface area contributed by atoms with E-state index in [9.17, 15) is 0 Å². The largest absolute Gasteiger partial charge is 0.372 e. The Hall–Kier alpha value is -1.76. The summed E-state index contributed by atoms with van der Waals surface area (Å²) in [7, 11) is 0. The van der Waals surface area contributed by atoms with Gasteiger partial charge in [-0.05, 0) is 50.0 Å². The van der Waals surface area contributed by atoms with Crippen LogP contribution in [0.1, 0.15) is 46.1 Å². The van der Waals surface area contributed by atoms with Crippen molar-refractivity contribution in [2.24, 2.45) is 0 Å². The quantitative estimate of drug-likeness (QED) is 0.541. The average Bonchev–Trinajstić information content (AvgIpc) is 2.48. The Labute approximate surface area is 130 Å². The van der Waals surface area contributed by atoms with Gasteiger partial charge >= 0.3 is 0 Å². The van der Waals surface area contributed by atoms with Gasteiger partial charge in [0.2, 0.25) is 0 Å². The summed E-state index contributed by atoms with van der Waals surface area (Å²) in [5.41, 5.74) is 4.90. The Balaban J connectivity index is 3.05. The van der Waals surface area contributed by atoms with Gasteiger partial charge in [0.1, 0.15) is 0 Å². The van der Waals surface area contributed by atoms with Gasteiger partial charge in [0.05, 0.1) is 0 Å². The maximum Gasteiger partial charge on any atom is 0.0372 e. The van der Waals surface area contributed by atoms with Crippen molar-refractivity contribution < 1.29 is 0 Å². The van der Waals surface area contributed by atoms with Crippen LogP contribution in [-0.2, 0) is 0 Å². The molecule has 1 nitrogen and oxygen atoms in total. The molecule has 0 N–H and O–H groups in total. The van der Waals surface area contributed by atoms with Crippen molar-refractivity contribution in [3.8, 4) is 0 Å². The molecule has 0 unspecified atom stereocenters. The van der Waals surface area contributed by atoms with Crippen LogP contribution in [0, 0.1) is 0 Å². The second-order valence-electron chi connectivity index (χ2n) is 5.46. The molecule has 0 heterocycles. The molecule has 0 fully saturated rings. The number of anilines is 1. The lowest BCUT2D eigenvalue weighted by Gasteiger charge is -2.24. The van der Waals surface area contributed by atoms with E-state index in [4.69, 9.17) is 0 Å². The van der Waals surface area contributed by atoms with Crippen molar-refractivity contribution in [2.75, 3.05) is 18.0 Å². The highest BCUT2D eigenvalue weighted by Crippen LogP contribution is 2.23. The van der Waals surface area contributed by atoms with E-state index in [-0.39, 0.29) is 0 Å². The lowest BCUT2D eigenvalue weighted by Crippen LogP contribution is -2.24. The van der Waals surface area contributed by atoms with E-state index < -0.39 is 0 Å². The highest BCUT2D eigenvalue weighted by molar-refractivity contribution is 5.76. The lowest BCUT2D eigenvalue weighted by atomic mass is 10.0. The summed E-state index contributed by atoms with van der Waals surface area (Å²) in [6, 6.07) is 8.84. The molecule has 1 aromatic rings. The van der Waals surface area contributed by atoms with E-state index in [1.807, 2.05) is 6.92 Å². The molecule has 114 valence electrons. The molecule has 0 aliphatic carbocycles. The number of hydrogen-bond donors (Lipinski definition) is 0. The Kier molecular flexibility index (Phi) is 7.60. The fraction of sp³-hybridized carbons (Fsp3) is 0.400. The lowest BCUT2D eigenvalue weighted by molar-refractivity contribution is 0.745. The summed E-state index contributed by atoms with van der Waals surface area (Å²) in [5.74, 6) is 0. The molecule has 1 rings (SSSR count). The summed E-state index contributed by atoms with van der Waals surface area (Å²) >= 11 is 0. The third-order valence-electron chi connectivity index (χ3n) is 3.39. The van der Waals surface area contributed by atoms with Crippen LogP contribution in [0.15, 0.2) is 54.6 Å². The van der Waals surface area contributed by atoms with E-state index in [0.717, 1.165) is 18.7 Å². The minimum absolute atomic E-state index is 1.07. The van der Waals surface area contributed by atoms with Crippen LogP contribution in [0.5, 0.6) is 0 Å². The SMILES string of the molecule is C=C(C)/C=C\C(=C/C)c1cccc(N(CCC)CCC)c1. The van der Waals surface area contributed by atoms with Gasteiger partial charge in [-0.1, -0.05) is 56.4 Å². The van der Waals surface area contributed by atoms with Crippen molar-refractivity contribution in [1.82, 2.24) is 0 Å². The Morgan fingerprint density at radius 1 is 1.14 bits per heavy atom. The van der Waals surface area contributed by atoms with Crippen molar-refractivity contribution in [3.63, 3.8) is 0 Å². The average molecular weight is 283 g/mol. The first kappa shape index (κ1) is 17.3. The summed E-state index contributed by atoms with van der Waals surface area (Å²) in [6.07, 6.45) is 8.72. The van der Waals surface area contributed by atoms with Crippen LogP contribution in [0.4, 0.5) is 5.69 Å².